The van der Waals surface area contributed by atoms with E-state index in [0.717, 1.165) is 28.9 Å². The topological polar surface area (TPSA) is 87.9 Å². The number of cyclic esters (lactones) is 1. The molecule has 7 nitrogen and oxygen atoms in total. The maximum Gasteiger partial charge on any atom is 0.311 e. The highest BCUT2D eigenvalue weighted by Gasteiger charge is 2.32. The van der Waals surface area contributed by atoms with Crippen LogP contribution in [0.4, 0.5) is 5.69 Å². The molecular weight excluding hydrogens is 506 g/mol. The van der Waals surface area contributed by atoms with Gasteiger partial charge in [0.2, 0.25) is 0 Å². The van der Waals surface area contributed by atoms with Crippen LogP contribution in [0.3, 0.4) is 0 Å². The molecular formula is C33H31NO6. The molecule has 2 unspecified atom stereocenters. The van der Waals surface area contributed by atoms with Crippen LogP contribution >= 0.6 is 0 Å². The molecule has 1 fully saturated rings. The van der Waals surface area contributed by atoms with Gasteiger partial charge < -0.3 is 14.2 Å². The molecule has 1 saturated heterocycles. The summed E-state index contributed by atoms with van der Waals surface area (Å²) >= 11 is 0. The first-order valence-corrected chi connectivity index (χ1v) is 13.3. The van der Waals surface area contributed by atoms with Crippen molar-refractivity contribution < 1.29 is 23.9 Å². The first kappa shape index (κ1) is 26.9. The Morgan fingerprint density at radius 3 is 2.27 bits per heavy atom. The third-order valence-corrected chi connectivity index (χ3v) is 7.28. The molecule has 4 aromatic rings. The molecule has 0 N–H and O–H groups in total. The standard InChI is InChI=1S/C33H31NO6/c1-38-31-15-13-26(19-27(31)16-23-8-4-2-5-9-23)29-20-28(33(35)40-22-29)17-25-12-14-32(30(18-25)34(36)37)39-21-24-10-6-3-7-11-24/h2-15,18-19,28-29H,16-17,20-22H2,1H3. The molecule has 0 radical (unpaired) electrons. The van der Waals surface area contributed by atoms with E-state index in [0.29, 0.717) is 25.0 Å². The smallest absolute Gasteiger partial charge is 0.311 e. The van der Waals surface area contributed by atoms with E-state index in [1.54, 1.807) is 19.2 Å². The predicted octanol–water partition coefficient (Wildman–Crippen LogP) is 6.66. The summed E-state index contributed by atoms with van der Waals surface area (Å²) in [4.78, 5) is 24.1. The summed E-state index contributed by atoms with van der Waals surface area (Å²) in [7, 11) is 1.67. The summed E-state index contributed by atoms with van der Waals surface area (Å²) in [5, 5.41) is 11.8. The van der Waals surface area contributed by atoms with Gasteiger partial charge in [-0.2, -0.15) is 0 Å². The second kappa shape index (κ2) is 12.5. The van der Waals surface area contributed by atoms with Crippen molar-refractivity contribution in [2.45, 2.75) is 31.8 Å². The van der Waals surface area contributed by atoms with Gasteiger partial charge in [-0.1, -0.05) is 78.9 Å². The van der Waals surface area contributed by atoms with E-state index < -0.39 is 10.8 Å². The number of hydrogen-bond donors (Lipinski definition) is 0. The Morgan fingerprint density at radius 2 is 1.57 bits per heavy atom. The predicted molar refractivity (Wildman–Crippen MR) is 152 cm³/mol. The fourth-order valence-corrected chi connectivity index (χ4v) is 5.19. The molecule has 2 atom stereocenters. The van der Waals surface area contributed by atoms with E-state index in [4.69, 9.17) is 14.2 Å². The van der Waals surface area contributed by atoms with Gasteiger partial charge in [-0.25, -0.2) is 0 Å². The lowest BCUT2D eigenvalue weighted by Crippen LogP contribution is -2.31. The van der Waals surface area contributed by atoms with Gasteiger partial charge in [-0.3, -0.25) is 14.9 Å². The number of carbonyl (C=O) groups excluding carboxylic acids is 1. The van der Waals surface area contributed by atoms with Crippen LogP contribution in [0.15, 0.2) is 97.1 Å². The number of nitro groups is 1. The minimum Gasteiger partial charge on any atom is -0.496 e. The molecule has 40 heavy (non-hydrogen) atoms. The molecule has 0 aromatic heterocycles. The highest BCUT2D eigenvalue weighted by Crippen LogP contribution is 2.36. The Morgan fingerprint density at radius 1 is 0.875 bits per heavy atom. The van der Waals surface area contributed by atoms with E-state index >= 15 is 0 Å². The van der Waals surface area contributed by atoms with E-state index in [1.807, 2.05) is 60.7 Å². The normalized spacial score (nSPS) is 16.7. The molecule has 0 saturated carbocycles. The van der Waals surface area contributed by atoms with Crippen LogP contribution in [-0.2, 0) is 29.0 Å². The molecule has 4 aromatic carbocycles. The zero-order valence-corrected chi connectivity index (χ0v) is 22.3. The Bertz CT molecular complexity index is 1470. The van der Waals surface area contributed by atoms with Gasteiger partial charge in [0.15, 0.2) is 5.75 Å². The number of benzene rings is 4. The van der Waals surface area contributed by atoms with Crippen LogP contribution < -0.4 is 9.47 Å². The van der Waals surface area contributed by atoms with Gasteiger partial charge >= 0.3 is 11.7 Å². The molecule has 1 aliphatic rings. The SMILES string of the molecule is COc1ccc(C2COC(=O)C(Cc3ccc(OCc4ccccc4)c([N+](=O)[O-])c3)C2)cc1Cc1ccccc1. The average molecular weight is 538 g/mol. The number of methoxy groups -OCH3 is 1. The van der Waals surface area contributed by atoms with Gasteiger partial charge in [-0.05, 0) is 52.8 Å². The quantitative estimate of drug-likeness (QED) is 0.128. The summed E-state index contributed by atoms with van der Waals surface area (Å²) in [5.41, 5.74) is 4.84. The van der Waals surface area contributed by atoms with Crippen molar-refractivity contribution in [1.82, 2.24) is 0 Å². The maximum atomic E-state index is 12.7. The zero-order valence-electron chi connectivity index (χ0n) is 22.3. The Balaban J connectivity index is 1.31. The van der Waals surface area contributed by atoms with Crippen molar-refractivity contribution in [3.05, 3.63) is 135 Å². The lowest BCUT2D eigenvalue weighted by molar-refractivity contribution is -0.386. The van der Waals surface area contributed by atoms with Gasteiger partial charge in [-0.15, -0.1) is 0 Å². The number of hydrogen-bond acceptors (Lipinski definition) is 6. The van der Waals surface area contributed by atoms with Crippen LogP contribution in [0.25, 0.3) is 0 Å². The second-order valence-corrected chi connectivity index (χ2v) is 10.0. The molecule has 0 bridgehead atoms. The highest BCUT2D eigenvalue weighted by atomic mass is 16.6. The van der Waals surface area contributed by atoms with Crippen LogP contribution in [0.1, 0.15) is 40.2 Å². The largest absolute Gasteiger partial charge is 0.496 e. The number of nitrogens with zero attached hydrogens (tertiary/aromatic N) is 1. The minimum absolute atomic E-state index is 0.0200. The maximum absolute atomic E-state index is 12.7. The summed E-state index contributed by atoms with van der Waals surface area (Å²) in [6.45, 7) is 0.532. The molecule has 1 heterocycles. The van der Waals surface area contributed by atoms with E-state index in [2.05, 4.69) is 18.2 Å². The monoisotopic (exact) mass is 537 g/mol. The summed E-state index contributed by atoms with van der Waals surface area (Å²) in [6, 6.07) is 30.7. The fourth-order valence-electron chi connectivity index (χ4n) is 5.19. The van der Waals surface area contributed by atoms with Crippen molar-refractivity contribution >= 4 is 11.7 Å². The van der Waals surface area contributed by atoms with Crippen LogP contribution in [-0.4, -0.2) is 24.6 Å². The molecule has 0 amide bonds. The Labute approximate surface area is 233 Å². The van der Waals surface area contributed by atoms with E-state index in [1.165, 1.54) is 11.6 Å². The molecule has 7 heteroatoms. The van der Waals surface area contributed by atoms with Gasteiger partial charge in [0.05, 0.1) is 24.6 Å². The van der Waals surface area contributed by atoms with Crippen molar-refractivity contribution in [1.29, 1.82) is 0 Å². The Hall–Kier alpha value is -4.65. The van der Waals surface area contributed by atoms with Crippen LogP contribution in [0.2, 0.25) is 0 Å². The minimum atomic E-state index is -0.447. The third-order valence-electron chi connectivity index (χ3n) is 7.28. The lowest BCUT2D eigenvalue weighted by Gasteiger charge is -2.29. The summed E-state index contributed by atoms with van der Waals surface area (Å²) in [5.74, 6) is 0.353. The van der Waals surface area contributed by atoms with Crippen molar-refractivity contribution in [3.63, 3.8) is 0 Å². The van der Waals surface area contributed by atoms with E-state index in [9.17, 15) is 14.9 Å². The summed E-state index contributed by atoms with van der Waals surface area (Å²) in [6.07, 6.45) is 1.67. The number of esters is 1. The van der Waals surface area contributed by atoms with Crippen molar-refractivity contribution in [2.24, 2.45) is 5.92 Å². The zero-order chi connectivity index (χ0) is 27.9. The molecule has 0 aliphatic carbocycles. The van der Waals surface area contributed by atoms with E-state index in [-0.39, 0.29) is 29.9 Å². The third kappa shape index (κ3) is 6.49. The van der Waals surface area contributed by atoms with Crippen molar-refractivity contribution in [3.8, 4) is 11.5 Å². The molecule has 0 spiro atoms. The first-order chi connectivity index (χ1) is 19.5. The molecule has 5 rings (SSSR count). The molecule has 204 valence electrons. The van der Waals surface area contributed by atoms with Gasteiger partial charge in [0, 0.05) is 18.4 Å². The van der Waals surface area contributed by atoms with Gasteiger partial charge in [0.25, 0.3) is 0 Å². The number of nitro benzene ring substituents is 1. The molecule has 1 aliphatic heterocycles. The highest BCUT2D eigenvalue weighted by molar-refractivity contribution is 5.74. The van der Waals surface area contributed by atoms with Crippen molar-refractivity contribution in [2.75, 3.05) is 13.7 Å². The average Bonchev–Trinajstić information content (AvgIpc) is 2.98. The van der Waals surface area contributed by atoms with Crippen LogP contribution in [0, 0.1) is 16.0 Å². The summed E-state index contributed by atoms with van der Waals surface area (Å²) < 4.78 is 17.0. The fraction of sp³-hybridized carbons (Fsp3) is 0.242. The van der Waals surface area contributed by atoms with Gasteiger partial charge in [0.1, 0.15) is 12.4 Å². The number of carbonyl (C=O) groups is 1. The second-order valence-electron chi connectivity index (χ2n) is 10.0. The van der Waals surface area contributed by atoms with Crippen LogP contribution in [0.5, 0.6) is 11.5 Å². The lowest BCUT2D eigenvalue weighted by atomic mass is 9.83. The first-order valence-electron chi connectivity index (χ1n) is 13.3. The number of rotatable bonds is 10. The number of ether oxygens (including phenoxy) is 3. The Kier molecular flexibility index (Phi) is 8.40.